The Bertz CT molecular complexity index is 1020. The Hall–Kier alpha value is -2.81. The predicted molar refractivity (Wildman–Crippen MR) is 102 cm³/mol. The second kappa shape index (κ2) is 7.67. The molecule has 148 valence electrons. The van der Waals surface area contributed by atoms with E-state index in [9.17, 15) is 27.7 Å². The fourth-order valence-electron chi connectivity index (χ4n) is 3.51. The molecule has 0 saturated carbocycles. The lowest BCUT2D eigenvalue weighted by Crippen LogP contribution is -2.39. The quantitative estimate of drug-likeness (QED) is 0.430. The molecule has 28 heavy (non-hydrogen) atoms. The molecule has 0 radical (unpaired) electrons. The zero-order valence-corrected chi connectivity index (χ0v) is 16.0. The van der Waals surface area contributed by atoms with Crippen molar-refractivity contribution < 1.29 is 22.5 Å². The number of anilines is 1. The van der Waals surface area contributed by atoms with Crippen molar-refractivity contribution >= 4 is 27.0 Å². The number of hydrogen-bond acceptors (Lipinski definition) is 6. The molecule has 9 heteroatoms. The van der Waals surface area contributed by atoms with Gasteiger partial charge in [-0.2, -0.15) is 0 Å². The SMILES string of the molecule is CS(=O)(=O)c1cccc(N2CCCC(C(=O)c3ccc(F)cc3)C2)c1[N+](=O)[O-]. The summed E-state index contributed by atoms with van der Waals surface area (Å²) >= 11 is 0. The van der Waals surface area contributed by atoms with Crippen LogP contribution in [0.4, 0.5) is 15.8 Å². The maximum atomic E-state index is 13.1. The molecule has 2 aromatic rings. The van der Waals surface area contributed by atoms with Gasteiger partial charge < -0.3 is 4.90 Å². The van der Waals surface area contributed by atoms with Crippen LogP contribution < -0.4 is 4.90 Å². The Morgan fingerprint density at radius 2 is 1.89 bits per heavy atom. The Labute approximate surface area is 161 Å². The number of rotatable bonds is 5. The molecule has 1 fully saturated rings. The highest BCUT2D eigenvalue weighted by Gasteiger charge is 2.33. The first-order chi connectivity index (χ1) is 13.2. The number of sulfone groups is 1. The second-order valence-electron chi connectivity index (χ2n) is 6.81. The number of piperidine rings is 1. The second-order valence-corrected chi connectivity index (χ2v) is 8.79. The molecular weight excluding hydrogens is 387 g/mol. The molecule has 0 amide bonds. The lowest BCUT2D eigenvalue weighted by Gasteiger charge is -2.33. The van der Waals surface area contributed by atoms with E-state index in [0.29, 0.717) is 24.9 Å². The molecule has 0 spiro atoms. The maximum absolute atomic E-state index is 13.1. The van der Waals surface area contributed by atoms with Crippen LogP contribution in [0.3, 0.4) is 0 Å². The summed E-state index contributed by atoms with van der Waals surface area (Å²) in [7, 11) is -3.79. The Morgan fingerprint density at radius 1 is 1.21 bits per heavy atom. The van der Waals surface area contributed by atoms with Gasteiger partial charge in [0.25, 0.3) is 0 Å². The predicted octanol–water partition coefficient (Wildman–Crippen LogP) is 3.24. The number of hydrogen-bond donors (Lipinski definition) is 0. The van der Waals surface area contributed by atoms with Crippen molar-refractivity contribution in [3.8, 4) is 0 Å². The number of nitro benzene ring substituents is 1. The molecule has 1 unspecified atom stereocenters. The molecule has 1 saturated heterocycles. The van der Waals surface area contributed by atoms with Crippen LogP contribution in [0.5, 0.6) is 0 Å². The average molecular weight is 406 g/mol. The summed E-state index contributed by atoms with van der Waals surface area (Å²) in [6, 6.07) is 9.44. The first-order valence-electron chi connectivity index (χ1n) is 8.70. The molecule has 0 aliphatic carbocycles. The van der Waals surface area contributed by atoms with E-state index in [-0.39, 0.29) is 22.9 Å². The summed E-state index contributed by atoms with van der Waals surface area (Å²) in [6.07, 6.45) is 2.15. The van der Waals surface area contributed by atoms with E-state index in [0.717, 1.165) is 6.26 Å². The molecule has 7 nitrogen and oxygen atoms in total. The van der Waals surface area contributed by atoms with Crippen molar-refractivity contribution in [3.63, 3.8) is 0 Å². The largest absolute Gasteiger partial charge is 0.365 e. The summed E-state index contributed by atoms with van der Waals surface area (Å²) in [4.78, 5) is 25.0. The number of carbonyl (C=O) groups excluding carboxylic acids is 1. The minimum atomic E-state index is -3.79. The Balaban J connectivity index is 1.94. The van der Waals surface area contributed by atoms with E-state index in [1.165, 1.54) is 42.5 Å². The number of para-hydroxylation sites is 1. The van der Waals surface area contributed by atoms with Gasteiger partial charge in [0.05, 0.1) is 4.92 Å². The van der Waals surface area contributed by atoms with Gasteiger partial charge in [-0.1, -0.05) is 6.07 Å². The number of carbonyl (C=O) groups is 1. The third kappa shape index (κ3) is 4.04. The van der Waals surface area contributed by atoms with Gasteiger partial charge in [0, 0.05) is 30.8 Å². The smallest absolute Gasteiger partial charge is 0.311 e. The van der Waals surface area contributed by atoms with Gasteiger partial charge in [-0.05, 0) is 49.2 Å². The molecule has 1 atom stereocenters. The van der Waals surface area contributed by atoms with E-state index in [4.69, 9.17) is 0 Å². The van der Waals surface area contributed by atoms with E-state index in [1.54, 1.807) is 4.90 Å². The molecule has 2 aromatic carbocycles. The minimum Gasteiger partial charge on any atom is -0.365 e. The van der Waals surface area contributed by atoms with Gasteiger partial charge in [0.15, 0.2) is 15.6 Å². The molecule has 3 rings (SSSR count). The number of Topliss-reactive ketones (excluding diaryl/α,β-unsaturated/α-hetero) is 1. The highest BCUT2D eigenvalue weighted by Crippen LogP contribution is 2.37. The number of nitro groups is 1. The van der Waals surface area contributed by atoms with E-state index in [2.05, 4.69) is 0 Å². The van der Waals surface area contributed by atoms with Crippen molar-refractivity contribution in [2.24, 2.45) is 5.92 Å². The zero-order valence-electron chi connectivity index (χ0n) is 15.2. The van der Waals surface area contributed by atoms with Crippen LogP contribution in [-0.4, -0.2) is 38.5 Å². The number of benzene rings is 2. The normalized spacial score (nSPS) is 17.4. The maximum Gasteiger partial charge on any atom is 0.311 e. The molecule has 1 aliphatic heterocycles. The van der Waals surface area contributed by atoms with Gasteiger partial charge >= 0.3 is 5.69 Å². The highest BCUT2D eigenvalue weighted by atomic mass is 32.2. The summed E-state index contributed by atoms with van der Waals surface area (Å²) in [5, 5.41) is 11.6. The first kappa shape index (κ1) is 19.9. The van der Waals surface area contributed by atoms with Crippen molar-refractivity contribution in [1.29, 1.82) is 0 Å². The molecular formula is C19H19FN2O5S. The van der Waals surface area contributed by atoms with E-state index >= 15 is 0 Å². The first-order valence-corrected chi connectivity index (χ1v) is 10.6. The van der Waals surface area contributed by atoms with E-state index < -0.39 is 32.2 Å². The average Bonchev–Trinajstić information content (AvgIpc) is 2.67. The zero-order chi connectivity index (χ0) is 20.5. The summed E-state index contributed by atoms with van der Waals surface area (Å²) in [5.74, 6) is -1.01. The van der Waals surface area contributed by atoms with Gasteiger partial charge in [0.2, 0.25) is 0 Å². The van der Waals surface area contributed by atoms with Crippen LogP contribution in [0.25, 0.3) is 0 Å². The summed E-state index contributed by atoms with van der Waals surface area (Å²) in [6.45, 7) is 0.700. The summed E-state index contributed by atoms with van der Waals surface area (Å²) in [5.41, 5.74) is 0.0945. The van der Waals surface area contributed by atoms with Crippen molar-refractivity contribution in [1.82, 2.24) is 0 Å². The fourth-order valence-corrected chi connectivity index (χ4v) is 4.36. The monoisotopic (exact) mass is 406 g/mol. The lowest BCUT2D eigenvalue weighted by atomic mass is 9.89. The Kier molecular flexibility index (Phi) is 5.46. The Morgan fingerprint density at radius 3 is 2.50 bits per heavy atom. The van der Waals surface area contributed by atoms with Gasteiger partial charge in [-0.25, -0.2) is 12.8 Å². The van der Waals surface area contributed by atoms with Crippen molar-refractivity contribution in [3.05, 3.63) is 64.0 Å². The molecule has 0 N–H and O–H groups in total. The number of ketones is 1. The number of halogens is 1. The molecule has 0 bridgehead atoms. The molecule has 1 aliphatic rings. The third-order valence-electron chi connectivity index (χ3n) is 4.82. The van der Waals surface area contributed by atoms with Gasteiger partial charge in [-0.3, -0.25) is 14.9 Å². The molecule has 1 heterocycles. The molecule has 0 aromatic heterocycles. The van der Waals surface area contributed by atoms with Gasteiger partial charge in [0.1, 0.15) is 16.4 Å². The van der Waals surface area contributed by atoms with Crippen LogP contribution in [0.2, 0.25) is 0 Å². The lowest BCUT2D eigenvalue weighted by molar-refractivity contribution is -0.387. The van der Waals surface area contributed by atoms with Crippen LogP contribution in [0.15, 0.2) is 47.4 Å². The van der Waals surface area contributed by atoms with Crippen LogP contribution in [0, 0.1) is 21.8 Å². The highest BCUT2D eigenvalue weighted by molar-refractivity contribution is 7.90. The van der Waals surface area contributed by atoms with Crippen LogP contribution in [-0.2, 0) is 9.84 Å². The topological polar surface area (TPSA) is 97.6 Å². The van der Waals surface area contributed by atoms with Crippen LogP contribution in [0.1, 0.15) is 23.2 Å². The van der Waals surface area contributed by atoms with Crippen molar-refractivity contribution in [2.45, 2.75) is 17.7 Å². The van der Waals surface area contributed by atoms with E-state index in [1.807, 2.05) is 0 Å². The standard InChI is InChI=1S/C19H19FN2O5S/c1-28(26,27)17-6-2-5-16(18(17)22(24)25)21-11-3-4-14(12-21)19(23)13-7-9-15(20)10-8-13/h2,5-10,14H,3-4,11-12H2,1H3. The fraction of sp³-hybridized carbons (Fsp3) is 0.316. The van der Waals surface area contributed by atoms with Gasteiger partial charge in [-0.15, -0.1) is 0 Å². The summed E-state index contributed by atoms with van der Waals surface area (Å²) < 4.78 is 37.0. The number of nitrogens with zero attached hydrogens (tertiary/aromatic N) is 2. The van der Waals surface area contributed by atoms with Crippen molar-refractivity contribution in [2.75, 3.05) is 24.2 Å². The third-order valence-corrected chi connectivity index (χ3v) is 5.95. The minimum absolute atomic E-state index is 0.161. The van der Waals surface area contributed by atoms with Crippen LogP contribution >= 0.6 is 0 Å².